The van der Waals surface area contributed by atoms with Crippen LogP contribution in [0, 0.1) is 0 Å². The first-order valence-electron chi connectivity index (χ1n) is 6.13. The zero-order valence-electron chi connectivity index (χ0n) is 10.1. The van der Waals surface area contributed by atoms with Crippen molar-refractivity contribution in [3.05, 3.63) is 46.1 Å². The number of ether oxygens (including phenoxy) is 1. The highest BCUT2D eigenvalue weighted by atomic mass is 79.9. The van der Waals surface area contributed by atoms with E-state index in [1.165, 1.54) is 5.56 Å². The minimum absolute atomic E-state index is 0.190. The molecule has 92 valence electrons. The number of nitrogens with one attached hydrogen (secondary N) is 1. The van der Waals surface area contributed by atoms with Gasteiger partial charge in [-0.3, -0.25) is 0 Å². The predicted molar refractivity (Wildman–Crippen MR) is 73.8 cm³/mol. The summed E-state index contributed by atoms with van der Waals surface area (Å²) in [5.74, 6) is 1.07. The summed E-state index contributed by atoms with van der Waals surface area (Å²) in [5, 5.41) is 3.54. The van der Waals surface area contributed by atoms with Crippen LogP contribution in [0.3, 0.4) is 0 Å². The Bertz CT molecular complexity index is 403. The summed E-state index contributed by atoms with van der Waals surface area (Å²) in [6, 6.07) is 8.59. The zero-order valence-corrected chi connectivity index (χ0v) is 11.7. The van der Waals surface area contributed by atoms with E-state index in [-0.39, 0.29) is 6.04 Å². The second-order valence-electron chi connectivity index (χ2n) is 4.19. The summed E-state index contributed by atoms with van der Waals surface area (Å²) in [6.45, 7) is 3.99. The van der Waals surface area contributed by atoms with E-state index in [1.807, 2.05) is 6.07 Å². The van der Waals surface area contributed by atoms with Gasteiger partial charge in [0.15, 0.2) is 0 Å². The molecule has 2 rings (SSSR count). The van der Waals surface area contributed by atoms with Crippen molar-refractivity contribution in [1.29, 1.82) is 0 Å². The van der Waals surface area contributed by atoms with Gasteiger partial charge < -0.3 is 10.1 Å². The molecule has 1 aliphatic heterocycles. The molecule has 1 aliphatic rings. The number of benzene rings is 1. The summed E-state index contributed by atoms with van der Waals surface area (Å²) in [5.41, 5.74) is 1.25. The van der Waals surface area contributed by atoms with Crippen LogP contribution in [0.1, 0.15) is 31.4 Å². The van der Waals surface area contributed by atoms with Crippen LogP contribution in [0.25, 0.3) is 0 Å². The van der Waals surface area contributed by atoms with E-state index in [4.69, 9.17) is 4.74 Å². The molecule has 0 radical (unpaired) electrons. The minimum atomic E-state index is 0.190. The molecule has 0 aromatic heterocycles. The highest BCUT2D eigenvalue weighted by Gasteiger charge is 2.20. The first kappa shape index (κ1) is 12.7. The lowest BCUT2D eigenvalue weighted by Gasteiger charge is -2.20. The van der Waals surface area contributed by atoms with Crippen LogP contribution in [0.15, 0.2) is 40.6 Å². The molecule has 1 N–H and O–H groups in total. The van der Waals surface area contributed by atoms with Gasteiger partial charge >= 0.3 is 0 Å². The van der Waals surface area contributed by atoms with Crippen LogP contribution in [-0.2, 0) is 4.74 Å². The van der Waals surface area contributed by atoms with Gasteiger partial charge in [0.05, 0.1) is 12.6 Å². The second kappa shape index (κ2) is 6.22. The zero-order chi connectivity index (χ0) is 12.1. The molecule has 1 unspecified atom stereocenters. The molecular weight excluding hydrogens is 278 g/mol. The second-order valence-corrected chi connectivity index (χ2v) is 5.10. The van der Waals surface area contributed by atoms with Crippen molar-refractivity contribution in [3.8, 4) is 0 Å². The lowest BCUT2D eigenvalue weighted by Crippen LogP contribution is -2.24. The van der Waals surface area contributed by atoms with Gasteiger partial charge in [-0.25, -0.2) is 0 Å². The van der Waals surface area contributed by atoms with Gasteiger partial charge in [0.25, 0.3) is 0 Å². The molecule has 2 nitrogen and oxygen atoms in total. The van der Waals surface area contributed by atoms with Crippen LogP contribution in [0.4, 0.5) is 0 Å². The standard InChI is InChI=1S/C14H18BrNO/c1-2-8-16-14(13-7-4-9-17-13)11-5-3-6-12(15)10-11/h3,5-7,10,14,16H,2,4,8-9H2,1H3. The van der Waals surface area contributed by atoms with Crippen molar-refractivity contribution in [2.75, 3.05) is 13.2 Å². The van der Waals surface area contributed by atoms with E-state index in [2.05, 4.69) is 52.4 Å². The maximum Gasteiger partial charge on any atom is 0.114 e. The van der Waals surface area contributed by atoms with Gasteiger partial charge in [-0.1, -0.05) is 35.0 Å². The number of halogens is 1. The van der Waals surface area contributed by atoms with Crippen LogP contribution in [0.5, 0.6) is 0 Å². The molecule has 0 saturated carbocycles. The van der Waals surface area contributed by atoms with Gasteiger partial charge in [0.2, 0.25) is 0 Å². The van der Waals surface area contributed by atoms with E-state index >= 15 is 0 Å². The highest BCUT2D eigenvalue weighted by molar-refractivity contribution is 9.10. The maximum absolute atomic E-state index is 5.69. The predicted octanol–water partition coefficient (Wildman–Crippen LogP) is 3.79. The number of rotatable bonds is 5. The third kappa shape index (κ3) is 3.33. The summed E-state index contributed by atoms with van der Waals surface area (Å²) in [6.07, 6.45) is 4.33. The van der Waals surface area contributed by atoms with Gasteiger partial charge in [0, 0.05) is 10.9 Å². The first-order chi connectivity index (χ1) is 8.31. The van der Waals surface area contributed by atoms with Crippen molar-refractivity contribution >= 4 is 15.9 Å². The Morgan fingerprint density at radius 2 is 2.35 bits per heavy atom. The van der Waals surface area contributed by atoms with Gasteiger partial charge in [-0.2, -0.15) is 0 Å². The Morgan fingerprint density at radius 3 is 3.00 bits per heavy atom. The normalized spacial score (nSPS) is 16.5. The molecule has 1 aromatic rings. The van der Waals surface area contributed by atoms with E-state index in [1.54, 1.807) is 0 Å². The molecule has 3 heteroatoms. The van der Waals surface area contributed by atoms with Gasteiger partial charge in [-0.15, -0.1) is 0 Å². The summed E-state index contributed by atoms with van der Waals surface area (Å²) >= 11 is 3.52. The Labute approximate surface area is 111 Å². The molecule has 1 atom stereocenters. The quantitative estimate of drug-likeness (QED) is 0.892. The lowest BCUT2D eigenvalue weighted by molar-refractivity contribution is 0.215. The average Bonchev–Trinajstić information content (AvgIpc) is 2.83. The highest BCUT2D eigenvalue weighted by Crippen LogP contribution is 2.28. The Hall–Kier alpha value is -0.800. The topological polar surface area (TPSA) is 21.3 Å². The molecule has 1 heterocycles. The van der Waals surface area contributed by atoms with Crippen molar-refractivity contribution < 1.29 is 4.74 Å². The fraction of sp³-hybridized carbons (Fsp3) is 0.429. The molecule has 0 aliphatic carbocycles. The summed E-state index contributed by atoms with van der Waals surface area (Å²) in [7, 11) is 0. The van der Waals surface area contributed by atoms with E-state index in [0.29, 0.717) is 0 Å². The van der Waals surface area contributed by atoms with E-state index < -0.39 is 0 Å². The Kier molecular flexibility index (Phi) is 4.63. The van der Waals surface area contributed by atoms with Gasteiger partial charge in [0.1, 0.15) is 5.76 Å². The molecule has 0 saturated heterocycles. The van der Waals surface area contributed by atoms with Crippen molar-refractivity contribution in [3.63, 3.8) is 0 Å². The molecule has 1 aromatic carbocycles. The van der Waals surface area contributed by atoms with Crippen molar-refractivity contribution in [2.45, 2.75) is 25.8 Å². The average molecular weight is 296 g/mol. The van der Waals surface area contributed by atoms with E-state index in [0.717, 1.165) is 36.2 Å². The smallest absolute Gasteiger partial charge is 0.114 e. The Balaban J connectivity index is 2.19. The fourth-order valence-electron chi connectivity index (χ4n) is 2.00. The fourth-order valence-corrected chi connectivity index (χ4v) is 2.41. The van der Waals surface area contributed by atoms with Crippen LogP contribution >= 0.6 is 15.9 Å². The molecular formula is C14H18BrNO. The van der Waals surface area contributed by atoms with Crippen LogP contribution in [-0.4, -0.2) is 13.2 Å². The molecule has 0 bridgehead atoms. The third-order valence-corrected chi connectivity index (χ3v) is 3.29. The lowest BCUT2D eigenvalue weighted by atomic mass is 10.0. The number of hydrogen-bond donors (Lipinski definition) is 1. The van der Waals surface area contributed by atoms with Crippen LogP contribution in [0.2, 0.25) is 0 Å². The summed E-state index contributed by atoms with van der Waals surface area (Å²) < 4.78 is 6.80. The third-order valence-electron chi connectivity index (χ3n) is 2.80. The SMILES string of the molecule is CCCNC(C1=CCCO1)c1cccc(Br)c1. The summed E-state index contributed by atoms with van der Waals surface area (Å²) in [4.78, 5) is 0. The van der Waals surface area contributed by atoms with Crippen molar-refractivity contribution in [2.24, 2.45) is 0 Å². The number of hydrogen-bond acceptors (Lipinski definition) is 2. The van der Waals surface area contributed by atoms with Crippen LogP contribution < -0.4 is 5.32 Å². The van der Waals surface area contributed by atoms with Gasteiger partial charge in [-0.05, 0) is 36.7 Å². The molecule has 0 amide bonds. The largest absolute Gasteiger partial charge is 0.496 e. The first-order valence-corrected chi connectivity index (χ1v) is 6.92. The van der Waals surface area contributed by atoms with E-state index in [9.17, 15) is 0 Å². The minimum Gasteiger partial charge on any atom is -0.496 e. The molecule has 0 fully saturated rings. The monoisotopic (exact) mass is 295 g/mol. The maximum atomic E-state index is 5.69. The molecule has 17 heavy (non-hydrogen) atoms. The molecule has 0 spiro atoms. The van der Waals surface area contributed by atoms with Crippen molar-refractivity contribution in [1.82, 2.24) is 5.32 Å². The Morgan fingerprint density at radius 1 is 1.47 bits per heavy atom.